The van der Waals surface area contributed by atoms with E-state index in [1.165, 1.54) is 0 Å². The van der Waals surface area contributed by atoms with Crippen LogP contribution in [-0.4, -0.2) is 24.9 Å². The summed E-state index contributed by atoms with van der Waals surface area (Å²) < 4.78 is 4.90. The van der Waals surface area contributed by atoms with E-state index in [1.807, 2.05) is 6.92 Å². The minimum atomic E-state index is -0.0671. The van der Waals surface area contributed by atoms with Gasteiger partial charge in [-0.1, -0.05) is 5.57 Å². The molecule has 0 saturated heterocycles. The first-order valence-electron chi connectivity index (χ1n) is 2.98. The smallest absolute Gasteiger partial charge is 0.0838 e. The number of aliphatic hydroxyl groups is 1. The highest BCUT2D eigenvalue weighted by atomic mass is 16.5. The van der Waals surface area contributed by atoms with Crippen LogP contribution in [0.3, 0.4) is 0 Å². The quantitative estimate of drug-likeness (QED) is 0.574. The Balaban J connectivity index is 3.43. The lowest BCUT2D eigenvalue weighted by atomic mass is 10.1. The maximum absolute atomic E-state index is 8.61. The molecule has 0 rings (SSSR count). The summed E-state index contributed by atoms with van der Waals surface area (Å²) in [4.78, 5) is 0. The van der Waals surface area contributed by atoms with Crippen LogP contribution in [0.1, 0.15) is 13.3 Å². The summed E-state index contributed by atoms with van der Waals surface area (Å²) in [6.45, 7) is 5.69. The van der Waals surface area contributed by atoms with E-state index in [-0.39, 0.29) is 12.7 Å². The van der Waals surface area contributed by atoms with Gasteiger partial charge in [0.15, 0.2) is 0 Å². The number of methoxy groups -OCH3 is 1. The minimum Gasteiger partial charge on any atom is -0.394 e. The molecular weight excluding hydrogens is 116 g/mol. The van der Waals surface area contributed by atoms with E-state index in [2.05, 4.69) is 6.58 Å². The largest absolute Gasteiger partial charge is 0.394 e. The molecule has 0 aromatic heterocycles. The molecule has 0 aliphatic heterocycles. The van der Waals surface area contributed by atoms with Crippen molar-refractivity contribution < 1.29 is 9.84 Å². The Morgan fingerprint density at radius 3 is 2.44 bits per heavy atom. The Hall–Kier alpha value is -0.340. The lowest BCUT2D eigenvalue weighted by Crippen LogP contribution is -2.15. The fourth-order valence-electron chi connectivity index (χ4n) is 0.611. The Morgan fingerprint density at radius 1 is 1.78 bits per heavy atom. The van der Waals surface area contributed by atoms with Crippen molar-refractivity contribution >= 4 is 0 Å². The SMILES string of the molecule is C=C(C)C[C@@H](CO)OC. The van der Waals surface area contributed by atoms with Gasteiger partial charge in [-0.05, 0) is 13.3 Å². The third-order valence-electron chi connectivity index (χ3n) is 1.11. The van der Waals surface area contributed by atoms with E-state index in [4.69, 9.17) is 9.84 Å². The molecule has 0 aliphatic rings. The first-order chi connectivity index (χ1) is 4.20. The number of hydrogen-bond acceptors (Lipinski definition) is 2. The predicted molar refractivity (Wildman–Crippen MR) is 37.3 cm³/mol. The molecule has 2 heteroatoms. The third-order valence-corrected chi connectivity index (χ3v) is 1.11. The fourth-order valence-corrected chi connectivity index (χ4v) is 0.611. The summed E-state index contributed by atoms with van der Waals surface area (Å²) in [7, 11) is 1.59. The zero-order chi connectivity index (χ0) is 7.28. The number of aliphatic hydroxyl groups excluding tert-OH is 1. The molecule has 0 amide bonds. The maximum atomic E-state index is 8.61. The van der Waals surface area contributed by atoms with Crippen LogP contribution in [-0.2, 0) is 4.74 Å². The van der Waals surface area contributed by atoms with Gasteiger partial charge in [0.05, 0.1) is 12.7 Å². The zero-order valence-corrected chi connectivity index (χ0v) is 6.05. The standard InChI is InChI=1S/C7H14O2/c1-6(2)4-7(5-8)9-3/h7-8H,1,4-5H2,2-3H3/t7-/m0/s1. The van der Waals surface area contributed by atoms with Crippen LogP contribution >= 0.6 is 0 Å². The Kier molecular flexibility index (Phi) is 4.36. The molecule has 1 atom stereocenters. The van der Waals surface area contributed by atoms with E-state index in [0.717, 1.165) is 12.0 Å². The molecule has 0 fully saturated rings. The second-order valence-electron chi connectivity index (χ2n) is 2.20. The van der Waals surface area contributed by atoms with Crippen LogP contribution in [0.4, 0.5) is 0 Å². The number of ether oxygens (including phenoxy) is 1. The lowest BCUT2D eigenvalue weighted by Gasteiger charge is -2.10. The normalized spacial score (nSPS) is 13.2. The minimum absolute atomic E-state index is 0.0671. The van der Waals surface area contributed by atoms with Crippen LogP contribution in [0.2, 0.25) is 0 Å². The maximum Gasteiger partial charge on any atom is 0.0838 e. The molecular formula is C7H14O2. The molecule has 0 heterocycles. The Morgan fingerprint density at radius 2 is 2.33 bits per heavy atom. The monoisotopic (exact) mass is 130 g/mol. The van der Waals surface area contributed by atoms with Crippen LogP contribution < -0.4 is 0 Å². The van der Waals surface area contributed by atoms with E-state index < -0.39 is 0 Å². The molecule has 0 aromatic carbocycles. The Labute approximate surface area is 56.1 Å². The number of rotatable bonds is 4. The van der Waals surface area contributed by atoms with E-state index in [0.29, 0.717) is 0 Å². The molecule has 0 saturated carbocycles. The highest BCUT2D eigenvalue weighted by Gasteiger charge is 2.03. The summed E-state index contributed by atoms with van der Waals surface area (Å²) in [6, 6.07) is 0. The van der Waals surface area contributed by atoms with Gasteiger partial charge in [-0.3, -0.25) is 0 Å². The third kappa shape index (κ3) is 4.18. The lowest BCUT2D eigenvalue weighted by molar-refractivity contribution is 0.0496. The summed E-state index contributed by atoms with van der Waals surface area (Å²) >= 11 is 0. The van der Waals surface area contributed by atoms with E-state index in [9.17, 15) is 0 Å². The highest BCUT2D eigenvalue weighted by Crippen LogP contribution is 2.03. The summed E-state index contributed by atoms with van der Waals surface area (Å²) in [5, 5.41) is 8.61. The van der Waals surface area contributed by atoms with Crippen LogP contribution in [0.25, 0.3) is 0 Å². The van der Waals surface area contributed by atoms with E-state index >= 15 is 0 Å². The van der Waals surface area contributed by atoms with Crippen molar-refractivity contribution in [3.8, 4) is 0 Å². The van der Waals surface area contributed by atoms with Crippen molar-refractivity contribution in [2.24, 2.45) is 0 Å². The van der Waals surface area contributed by atoms with Gasteiger partial charge in [0, 0.05) is 7.11 Å². The molecule has 0 aliphatic carbocycles. The highest BCUT2D eigenvalue weighted by molar-refractivity contribution is 4.90. The van der Waals surface area contributed by atoms with Gasteiger partial charge in [0.2, 0.25) is 0 Å². The average Bonchev–Trinajstić information content (AvgIpc) is 1.82. The second kappa shape index (κ2) is 4.53. The molecule has 1 N–H and O–H groups in total. The van der Waals surface area contributed by atoms with Crippen LogP contribution in [0, 0.1) is 0 Å². The molecule has 0 unspecified atom stereocenters. The zero-order valence-electron chi connectivity index (χ0n) is 6.05. The fraction of sp³-hybridized carbons (Fsp3) is 0.714. The topological polar surface area (TPSA) is 29.5 Å². The van der Waals surface area contributed by atoms with Gasteiger partial charge in [0.1, 0.15) is 0 Å². The van der Waals surface area contributed by atoms with Gasteiger partial charge >= 0.3 is 0 Å². The van der Waals surface area contributed by atoms with E-state index in [1.54, 1.807) is 7.11 Å². The molecule has 9 heavy (non-hydrogen) atoms. The van der Waals surface area contributed by atoms with Gasteiger partial charge < -0.3 is 9.84 Å². The Bertz CT molecular complexity index is 84.9. The molecule has 0 radical (unpaired) electrons. The van der Waals surface area contributed by atoms with Crippen molar-refractivity contribution in [1.82, 2.24) is 0 Å². The predicted octanol–water partition coefficient (Wildman–Crippen LogP) is 0.960. The summed E-state index contributed by atoms with van der Waals surface area (Å²) in [5.74, 6) is 0. The van der Waals surface area contributed by atoms with Gasteiger partial charge in [0.25, 0.3) is 0 Å². The summed E-state index contributed by atoms with van der Waals surface area (Å²) in [6.07, 6.45) is 0.676. The van der Waals surface area contributed by atoms with Crippen molar-refractivity contribution in [2.45, 2.75) is 19.4 Å². The van der Waals surface area contributed by atoms with Crippen molar-refractivity contribution in [3.63, 3.8) is 0 Å². The van der Waals surface area contributed by atoms with Gasteiger partial charge in [-0.2, -0.15) is 0 Å². The van der Waals surface area contributed by atoms with Gasteiger partial charge in [-0.15, -0.1) is 6.58 Å². The summed E-state index contributed by atoms with van der Waals surface area (Å²) in [5.41, 5.74) is 1.04. The molecule has 0 aromatic rings. The molecule has 0 bridgehead atoms. The molecule has 2 nitrogen and oxygen atoms in total. The van der Waals surface area contributed by atoms with Crippen LogP contribution in [0.15, 0.2) is 12.2 Å². The first-order valence-corrected chi connectivity index (χ1v) is 2.98. The van der Waals surface area contributed by atoms with Crippen molar-refractivity contribution in [2.75, 3.05) is 13.7 Å². The number of hydrogen-bond donors (Lipinski definition) is 1. The molecule has 54 valence electrons. The molecule has 0 spiro atoms. The first kappa shape index (κ1) is 8.66. The van der Waals surface area contributed by atoms with Crippen molar-refractivity contribution in [1.29, 1.82) is 0 Å². The van der Waals surface area contributed by atoms with Crippen LogP contribution in [0.5, 0.6) is 0 Å². The van der Waals surface area contributed by atoms with Crippen molar-refractivity contribution in [3.05, 3.63) is 12.2 Å². The average molecular weight is 130 g/mol. The second-order valence-corrected chi connectivity index (χ2v) is 2.20. The van der Waals surface area contributed by atoms with Gasteiger partial charge in [-0.25, -0.2) is 0 Å².